The van der Waals surface area contributed by atoms with Gasteiger partial charge >= 0.3 is 0 Å². The molecule has 6 heteroatoms. The Morgan fingerprint density at radius 2 is 2.25 bits per heavy atom. The molecule has 16 heavy (non-hydrogen) atoms. The van der Waals surface area contributed by atoms with Crippen molar-refractivity contribution < 1.29 is 0 Å². The molecule has 6 nitrogen and oxygen atoms in total. The molecule has 1 saturated carbocycles. The molecule has 2 heterocycles. The van der Waals surface area contributed by atoms with Gasteiger partial charge in [0.15, 0.2) is 5.82 Å². The maximum atomic E-state index is 5.82. The fourth-order valence-electron chi connectivity index (χ4n) is 1.90. The van der Waals surface area contributed by atoms with Gasteiger partial charge in [0, 0.05) is 24.9 Å². The fourth-order valence-corrected chi connectivity index (χ4v) is 1.90. The number of hydrogen-bond donors (Lipinski definition) is 1. The Morgan fingerprint density at radius 1 is 1.38 bits per heavy atom. The number of aromatic nitrogens is 5. The van der Waals surface area contributed by atoms with Crippen molar-refractivity contribution in [2.24, 2.45) is 0 Å². The molecule has 0 aliphatic heterocycles. The maximum absolute atomic E-state index is 5.82. The van der Waals surface area contributed by atoms with E-state index in [9.17, 15) is 0 Å². The van der Waals surface area contributed by atoms with Crippen LogP contribution >= 0.6 is 0 Å². The topological polar surface area (TPSA) is 74.5 Å². The van der Waals surface area contributed by atoms with E-state index in [2.05, 4.69) is 15.3 Å². The molecule has 0 unspecified atom stereocenters. The van der Waals surface area contributed by atoms with Gasteiger partial charge in [0.2, 0.25) is 0 Å². The van der Waals surface area contributed by atoms with Crippen LogP contribution in [0.25, 0.3) is 0 Å². The largest absolute Gasteiger partial charge is 0.381 e. The molecule has 2 aromatic rings. The lowest BCUT2D eigenvalue weighted by Crippen LogP contribution is -2.10. The van der Waals surface area contributed by atoms with Crippen molar-refractivity contribution in [1.82, 2.24) is 24.5 Å². The minimum atomic E-state index is 0.581. The average Bonchev–Trinajstić information content (AvgIpc) is 2.85. The highest BCUT2D eigenvalue weighted by Gasteiger charge is 2.30. The maximum Gasteiger partial charge on any atom is 0.169 e. The van der Waals surface area contributed by atoms with Crippen LogP contribution in [0.1, 0.15) is 24.5 Å². The molecule has 0 bridgehead atoms. The Labute approximate surface area is 93.1 Å². The summed E-state index contributed by atoms with van der Waals surface area (Å²) in [6.07, 6.45) is 7.94. The predicted molar refractivity (Wildman–Crippen MR) is 58.6 cm³/mol. The third-order valence-corrected chi connectivity index (χ3v) is 2.89. The standard InChI is InChI=1S/C10H14N6/c11-10-9(8-1-2-8)16(14-13-10)6-5-15-4-3-12-7-15/h3-4,7-8H,1-2,5-6,11H2. The summed E-state index contributed by atoms with van der Waals surface area (Å²) in [6, 6.07) is 0. The van der Waals surface area contributed by atoms with Crippen molar-refractivity contribution in [2.45, 2.75) is 31.8 Å². The minimum absolute atomic E-state index is 0.581. The van der Waals surface area contributed by atoms with E-state index in [4.69, 9.17) is 5.73 Å². The number of nitrogens with two attached hydrogens (primary N) is 1. The highest BCUT2D eigenvalue weighted by molar-refractivity contribution is 5.38. The molecule has 1 fully saturated rings. The van der Waals surface area contributed by atoms with Crippen LogP contribution in [0.4, 0.5) is 5.82 Å². The molecule has 2 N–H and O–H groups in total. The van der Waals surface area contributed by atoms with E-state index in [-0.39, 0.29) is 0 Å². The lowest BCUT2D eigenvalue weighted by atomic mass is 10.3. The molecule has 1 aliphatic carbocycles. The highest BCUT2D eigenvalue weighted by Crippen LogP contribution is 2.41. The summed E-state index contributed by atoms with van der Waals surface area (Å²) in [4.78, 5) is 4.00. The predicted octanol–water partition coefficient (Wildman–Crippen LogP) is 0.634. The van der Waals surface area contributed by atoms with Gasteiger partial charge in [-0.2, -0.15) is 0 Å². The van der Waals surface area contributed by atoms with Crippen molar-refractivity contribution in [3.63, 3.8) is 0 Å². The zero-order valence-corrected chi connectivity index (χ0v) is 8.95. The third kappa shape index (κ3) is 1.66. The Balaban J connectivity index is 1.74. The van der Waals surface area contributed by atoms with E-state index in [1.54, 1.807) is 12.5 Å². The van der Waals surface area contributed by atoms with E-state index in [0.29, 0.717) is 11.7 Å². The van der Waals surface area contributed by atoms with Crippen LogP contribution in [0, 0.1) is 0 Å². The first-order valence-corrected chi connectivity index (χ1v) is 5.49. The van der Waals surface area contributed by atoms with E-state index >= 15 is 0 Å². The molecule has 0 spiro atoms. The summed E-state index contributed by atoms with van der Waals surface area (Å²) in [5, 5.41) is 8.03. The van der Waals surface area contributed by atoms with Crippen molar-refractivity contribution >= 4 is 5.82 Å². The first kappa shape index (κ1) is 9.38. The number of aryl methyl sites for hydroxylation is 2. The lowest BCUT2D eigenvalue weighted by Gasteiger charge is -2.06. The molecule has 0 amide bonds. The molecular formula is C10H14N6. The average molecular weight is 218 g/mol. The smallest absolute Gasteiger partial charge is 0.169 e. The zero-order valence-electron chi connectivity index (χ0n) is 8.95. The second-order valence-corrected chi connectivity index (χ2v) is 4.16. The van der Waals surface area contributed by atoms with Gasteiger partial charge in [-0.05, 0) is 12.8 Å². The van der Waals surface area contributed by atoms with Crippen LogP contribution in [-0.2, 0) is 13.1 Å². The first-order chi connectivity index (χ1) is 7.84. The minimum Gasteiger partial charge on any atom is -0.381 e. The van der Waals surface area contributed by atoms with E-state index < -0.39 is 0 Å². The molecule has 0 atom stereocenters. The molecule has 2 aromatic heterocycles. The summed E-state index contributed by atoms with van der Waals surface area (Å²) in [5.74, 6) is 1.17. The monoisotopic (exact) mass is 218 g/mol. The Hall–Kier alpha value is -1.85. The van der Waals surface area contributed by atoms with Crippen molar-refractivity contribution in [1.29, 1.82) is 0 Å². The van der Waals surface area contributed by atoms with Crippen LogP contribution in [0.3, 0.4) is 0 Å². The molecule has 0 radical (unpaired) electrons. The van der Waals surface area contributed by atoms with Gasteiger partial charge in [-0.15, -0.1) is 5.10 Å². The second kappa shape index (κ2) is 3.62. The molecule has 1 aliphatic rings. The Morgan fingerprint density at radius 3 is 2.94 bits per heavy atom. The Kier molecular flexibility index (Phi) is 2.12. The van der Waals surface area contributed by atoms with E-state index in [1.807, 2.05) is 15.4 Å². The van der Waals surface area contributed by atoms with Crippen LogP contribution in [0.5, 0.6) is 0 Å². The van der Waals surface area contributed by atoms with Gasteiger partial charge in [-0.1, -0.05) is 5.21 Å². The zero-order chi connectivity index (χ0) is 11.0. The van der Waals surface area contributed by atoms with Crippen LogP contribution < -0.4 is 5.73 Å². The summed E-state index contributed by atoms with van der Waals surface area (Å²) >= 11 is 0. The normalized spacial score (nSPS) is 15.5. The Bertz CT molecular complexity index is 467. The number of imidazole rings is 1. The third-order valence-electron chi connectivity index (χ3n) is 2.89. The van der Waals surface area contributed by atoms with Crippen molar-refractivity contribution in [2.75, 3.05) is 5.73 Å². The van der Waals surface area contributed by atoms with Gasteiger partial charge in [0.1, 0.15) is 0 Å². The molecule has 0 saturated heterocycles. The molecule has 3 rings (SSSR count). The van der Waals surface area contributed by atoms with Gasteiger partial charge in [0.25, 0.3) is 0 Å². The highest BCUT2D eigenvalue weighted by atomic mass is 15.4. The number of nitrogen functional groups attached to an aromatic ring is 1. The first-order valence-electron chi connectivity index (χ1n) is 5.49. The summed E-state index contributed by atoms with van der Waals surface area (Å²) in [6.45, 7) is 1.65. The number of rotatable bonds is 4. The summed E-state index contributed by atoms with van der Waals surface area (Å²) in [7, 11) is 0. The second-order valence-electron chi connectivity index (χ2n) is 4.16. The lowest BCUT2D eigenvalue weighted by molar-refractivity contribution is 0.503. The number of anilines is 1. The van der Waals surface area contributed by atoms with E-state index in [0.717, 1.165) is 18.8 Å². The molecular weight excluding hydrogens is 204 g/mol. The van der Waals surface area contributed by atoms with Crippen molar-refractivity contribution in [3.05, 3.63) is 24.4 Å². The number of hydrogen-bond acceptors (Lipinski definition) is 4. The van der Waals surface area contributed by atoms with Gasteiger partial charge < -0.3 is 10.3 Å². The number of nitrogens with zero attached hydrogens (tertiary/aromatic N) is 5. The van der Waals surface area contributed by atoms with Crippen LogP contribution in [-0.4, -0.2) is 24.5 Å². The van der Waals surface area contributed by atoms with E-state index in [1.165, 1.54) is 12.8 Å². The van der Waals surface area contributed by atoms with Gasteiger partial charge in [-0.3, -0.25) is 0 Å². The van der Waals surface area contributed by atoms with Crippen LogP contribution in [0.15, 0.2) is 18.7 Å². The fraction of sp³-hybridized carbons (Fsp3) is 0.500. The summed E-state index contributed by atoms with van der Waals surface area (Å²) < 4.78 is 3.95. The van der Waals surface area contributed by atoms with Gasteiger partial charge in [0.05, 0.1) is 18.6 Å². The SMILES string of the molecule is Nc1nnn(CCn2ccnc2)c1C1CC1. The van der Waals surface area contributed by atoms with Crippen molar-refractivity contribution in [3.8, 4) is 0 Å². The van der Waals surface area contributed by atoms with Gasteiger partial charge in [-0.25, -0.2) is 9.67 Å². The van der Waals surface area contributed by atoms with Crippen LogP contribution in [0.2, 0.25) is 0 Å². The summed E-state index contributed by atoms with van der Waals surface area (Å²) in [5.41, 5.74) is 6.93. The molecule has 84 valence electrons. The quantitative estimate of drug-likeness (QED) is 0.817. The molecule has 0 aromatic carbocycles.